The molecular formula is C19H18O5S2. The number of fused-ring (bicyclic) bond motifs is 5. The molecule has 1 heterocycles. The number of rotatable bonds is 4. The van der Waals surface area contributed by atoms with Crippen molar-refractivity contribution in [1.29, 1.82) is 0 Å². The quantitative estimate of drug-likeness (QED) is 0.747. The summed E-state index contributed by atoms with van der Waals surface area (Å²) in [7, 11) is -7.55. The molecule has 3 fully saturated rings. The summed E-state index contributed by atoms with van der Waals surface area (Å²) < 4.78 is 59.1. The molecule has 3 aliphatic rings. The van der Waals surface area contributed by atoms with Crippen molar-refractivity contribution in [3.8, 4) is 0 Å². The van der Waals surface area contributed by atoms with Crippen LogP contribution in [0.1, 0.15) is 6.42 Å². The Morgan fingerprint density at radius 1 is 0.654 bits per heavy atom. The van der Waals surface area contributed by atoms with Gasteiger partial charge in [0.25, 0.3) is 0 Å². The van der Waals surface area contributed by atoms with E-state index in [-0.39, 0.29) is 33.8 Å². The number of hydrogen-bond acceptors (Lipinski definition) is 5. The summed E-state index contributed by atoms with van der Waals surface area (Å²) in [4.78, 5) is 0.367. The average Bonchev–Trinajstić information content (AvgIpc) is 3.27. The van der Waals surface area contributed by atoms with Crippen LogP contribution in [0.3, 0.4) is 0 Å². The Kier molecular flexibility index (Phi) is 3.42. The first-order chi connectivity index (χ1) is 12.4. The molecule has 136 valence electrons. The van der Waals surface area contributed by atoms with E-state index in [0.717, 1.165) is 0 Å². The van der Waals surface area contributed by atoms with Gasteiger partial charge in [-0.3, -0.25) is 0 Å². The highest BCUT2D eigenvalue weighted by Crippen LogP contribution is 2.61. The first kappa shape index (κ1) is 16.5. The Bertz CT molecular complexity index is 962. The van der Waals surface area contributed by atoms with Gasteiger partial charge >= 0.3 is 0 Å². The van der Waals surface area contributed by atoms with Gasteiger partial charge in [0.2, 0.25) is 0 Å². The molecular weight excluding hydrogens is 372 g/mol. The van der Waals surface area contributed by atoms with Gasteiger partial charge in [0.1, 0.15) is 0 Å². The van der Waals surface area contributed by atoms with Crippen LogP contribution in [0.4, 0.5) is 0 Å². The van der Waals surface area contributed by atoms with E-state index in [9.17, 15) is 16.8 Å². The molecule has 2 bridgehead atoms. The summed E-state index contributed by atoms with van der Waals surface area (Å²) in [6.45, 7) is 0. The monoisotopic (exact) mass is 390 g/mol. The van der Waals surface area contributed by atoms with E-state index in [1.807, 2.05) is 0 Å². The van der Waals surface area contributed by atoms with Gasteiger partial charge in [0, 0.05) is 11.8 Å². The van der Waals surface area contributed by atoms with Crippen LogP contribution < -0.4 is 0 Å². The van der Waals surface area contributed by atoms with Crippen molar-refractivity contribution in [3.05, 3.63) is 60.7 Å². The summed E-state index contributed by atoms with van der Waals surface area (Å²) in [5, 5.41) is -1.91. The van der Waals surface area contributed by atoms with E-state index in [4.69, 9.17) is 4.74 Å². The molecule has 1 aliphatic heterocycles. The van der Waals surface area contributed by atoms with Crippen molar-refractivity contribution < 1.29 is 21.6 Å². The highest BCUT2D eigenvalue weighted by molar-refractivity contribution is 7.96. The molecule has 0 amide bonds. The molecule has 2 aliphatic carbocycles. The van der Waals surface area contributed by atoms with Gasteiger partial charge in [-0.15, -0.1) is 0 Å². The Balaban J connectivity index is 1.65. The van der Waals surface area contributed by atoms with E-state index in [1.54, 1.807) is 60.7 Å². The number of epoxide rings is 1. The van der Waals surface area contributed by atoms with Gasteiger partial charge in [-0.05, 0) is 30.7 Å². The zero-order valence-electron chi connectivity index (χ0n) is 13.8. The maximum atomic E-state index is 13.4. The minimum absolute atomic E-state index is 0.106. The number of benzene rings is 2. The Labute approximate surface area is 152 Å². The zero-order valence-corrected chi connectivity index (χ0v) is 15.4. The number of sulfone groups is 2. The molecule has 26 heavy (non-hydrogen) atoms. The van der Waals surface area contributed by atoms with Crippen molar-refractivity contribution in [3.63, 3.8) is 0 Å². The summed E-state index contributed by atoms with van der Waals surface area (Å²) in [5.74, 6) is -0.502. The smallest absolute Gasteiger partial charge is 0.182 e. The fourth-order valence-electron chi connectivity index (χ4n) is 4.89. The third kappa shape index (κ3) is 2.17. The minimum atomic E-state index is -3.78. The van der Waals surface area contributed by atoms with Crippen LogP contribution in [0.5, 0.6) is 0 Å². The second-order valence-electron chi connectivity index (χ2n) is 7.27. The van der Waals surface area contributed by atoms with Gasteiger partial charge in [-0.25, -0.2) is 16.8 Å². The van der Waals surface area contributed by atoms with Crippen LogP contribution in [-0.2, 0) is 24.4 Å². The van der Waals surface area contributed by atoms with Crippen molar-refractivity contribution in [2.45, 2.75) is 38.9 Å². The highest BCUT2D eigenvalue weighted by Gasteiger charge is 2.72. The molecule has 5 rings (SSSR count). The summed E-state index contributed by atoms with van der Waals surface area (Å²) >= 11 is 0. The summed E-state index contributed by atoms with van der Waals surface area (Å²) in [6, 6.07) is 16.3. The molecule has 0 radical (unpaired) electrons. The van der Waals surface area contributed by atoms with Crippen molar-refractivity contribution in [1.82, 2.24) is 0 Å². The maximum Gasteiger partial charge on any atom is 0.182 e. The maximum absolute atomic E-state index is 13.4. The van der Waals surface area contributed by atoms with Crippen LogP contribution in [0.15, 0.2) is 70.5 Å². The van der Waals surface area contributed by atoms with E-state index >= 15 is 0 Å². The molecule has 0 N–H and O–H groups in total. The predicted octanol–water partition coefficient (Wildman–Crippen LogP) is 2.09. The van der Waals surface area contributed by atoms with Crippen LogP contribution >= 0.6 is 0 Å². The van der Waals surface area contributed by atoms with E-state index < -0.39 is 30.2 Å². The van der Waals surface area contributed by atoms with Gasteiger partial charge in [-0.1, -0.05) is 36.4 Å². The van der Waals surface area contributed by atoms with Crippen molar-refractivity contribution in [2.24, 2.45) is 11.8 Å². The molecule has 2 saturated carbocycles. The zero-order chi connectivity index (χ0) is 18.1. The minimum Gasteiger partial charge on any atom is -0.369 e. The lowest BCUT2D eigenvalue weighted by molar-refractivity contribution is 0.264. The Morgan fingerprint density at radius 2 is 1.04 bits per heavy atom. The number of hydrogen-bond donors (Lipinski definition) is 0. The van der Waals surface area contributed by atoms with Gasteiger partial charge in [0.05, 0.1) is 32.5 Å². The van der Waals surface area contributed by atoms with Crippen molar-refractivity contribution in [2.75, 3.05) is 0 Å². The Hall–Kier alpha value is -1.70. The molecule has 6 atom stereocenters. The van der Waals surface area contributed by atoms with E-state index in [1.165, 1.54) is 0 Å². The Morgan fingerprint density at radius 3 is 1.42 bits per heavy atom. The average molecular weight is 390 g/mol. The molecule has 2 aromatic carbocycles. The second kappa shape index (κ2) is 5.41. The van der Waals surface area contributed by atoms with Crippen LogP contribution in [0, 0.1) is 11.8 Å². The third-order valence-electron chi connectivity index (χ3n) is 5.98. The SMILES string of the molecule is O=S(=O)(c1ccccc1)[C@@H]1[C@@H]2C[C@@H]([C@H]3O[C@@H]23)[C@H]1S(=O)(=O)c1ccccc1. The molecule has 1 saturated heterocycles. The van der Waals surface area contributed by atoms with Gasteiger partial charge in [0.15, 0.2) is 19.7 Å². The summed E-state index contributed by atoms with van der Waals surface area (Å²) in [5.41, 5.74) is 0. The molecule has 0 spiro atoms. The first-order valence-corrected chi connectivity index (χ1v) is 11.7. The largest absolute Gasteiger partial charge is 0.369 e. The van der Waals surface area contributed by atoms with E-state index in [0.29, 0.717) is 6.42 Å². The lowest BCUT2D eigenvalue weighted by Crippen LogP contribution is -2.46. The molecule has 0 aromatic heterocycles. The first-order valence-electron chi connectivity index (χ1n) is 8.66. The van der Waals surface area contributed by atoms with Gasteiger partial charge < -0.3 is 4.74 Å². The predicted molar refractivity (Wildman–Crippen MR) is 95.1 cm³/mol. The van der Waals surface area contributed by atoms with E-state index in [2.05, 4.69) is 0 Å². The summed E-state index contributed by atoms with van der Waals surface area (Å²) in [6.07, 6.45) is 0.388. The van der Waals surface area contributed by atoms with Crippen LogP contribution in [0.25, 0.3) is 0 Å². The number of ether oxygens (including phenoxy) is 1. The normalized spacial score (nSPS) is 35.2. The standard InChI is InChI=1S/C19H18O5S2/c20-25(21,12-7-3-1-4-8-12)18-14-11-15(17-16(14)24-17)19(18)26(22,23)13-9-5-2-6-10-13/h1-10,14-19H,11H2/t14-,15+,16+,17-,18-,19-/m1/s1. The van der Waals surface area contributed by atoms with Crippen molar-refractivity contribution >= 4 is 19.7 Å². The molecule has 2 aromatic rings. The van der Waals surface area contributed by atoms with Crippen LogP contribution in [-0.4, -0.2) is 39.5 Å². The highest BCUT2D eigenvalue weighted by atomic mass is 32.2. The van der Waals surface area contributed by atoms with Crippen LogP contribution in [0.2, 0.25) is 0 Å². The fourth-order valence-corrected chi connectivity index (χ4v) is 10.0. The molecule has 0 unspecified atom stereocenters. The fraction of sp³-hybridized carbons (Fsp3) is 0.368. The topological polar surface area (TPSA) is 80.8 Å². The lowest BCUT2D eigenvalue weighted by Gasteiger charge is -2.28. The molecule has 7 heteroatoms. The lowest BCUT2D eigenvalue weighted by atomic mass is 10.00. The molecule has 5 nitrogen and oxygen atoms in total. The second-order valence-corrected chi connectivity index (χ2v) is 11.5. The third-order valence-corrected chi connectivity index (χ3v) is 10.7. The van der Waals surface area contributed by atoms with Gasteiger partial charge in [-0.2, -0.15) is 0 Å².